The second-order valence-electron chi connectivity index (χ2n) is 5.38. The Morgan fingerprint density at radius 3 is 2.14 bits per heavy atom. The minimum absolute atomic E-state index is 0.00464. The standard InChI is InChI=1S/C17H24O4/c1-5-21-15(18)10-8-6-7-9-14-13(4)16(19)11(2)12(3)17(14)20/h5-10H2,1-4H3. The Morgan fingerprint density at radius 2 is 1.52 bits per heavy atom. The zero-order valence-corrected chi connectivity index (χ0v) is 13.4. The Labute approximate surface area is 126 Å². The Balaban J connectivity index is 2.47. The highest BCUT2D eigenvalue weighted by Crippen LogP contribution is 2.27. The van der Waals surface area contributed by atoms with Crippen LogP contribution in [0.5, 0.6) is 0 Å². The maximum atomic E-state index is 12.2. The van der Waals surface area contributed by atoms with Crippen LogP contribution in [0.25, 0.3) is 0 Å². The largest absolute Gasteiger partial charge is 0.466 e. The number of carbonyl (C=O) groups excluding carboxylic acids is 3. The first-order valence-corrected chi connectivity index (χ1v) is 7.52. The average Bonchev–Trinajstić information content (AvgIpc) is 2.46. The number of ketones is 2. The van der Waals surface area contributed by atoms with Gasteiger partial charge < -0.3 is 4.74 Å². The molecular formula is C17H24O4. The summed E-state index contributed by atoms with van der Waals surface area (Å²) in [7, 11) is 0. The van der Waals surface area contributed by atoms with E-state index in [2.05, 4.69) is 0 Å². The number of esters is 1. The molecule has 116 valence electrons. The van der Waals surface area contributed by atoms with Crippen molar-refractivity contribution in [3.63, 3.8) is 0 Å². The molecule has 0 heterocycles. The van der Waals surface area contributed by atoms with Gasteiger partial charge in [0.05, 0.1) is 6.61 Å². The van der Waals surface area contributed by atoms with Crippen LogP contribution in [0.2, 0.25) is 0 Å². The fourth-order valence-electron chi connectivity index (χ4n) is 2.44. The van der Waals surface area contributed by atoms with Crippen LogP contribution in [0.4, 0.5) is 0 Å². The van der Waals surface area contributed by atoms with Crippen LogP contribution >= 0.6 is 0 Å². The van der Waals surface area contributed by atoms with Crippen LogP contribution in [-0.4, -0.2) is 24.1 Å². The fraction of sp³-hybridized carbons (Fsp3) is 0.588. The van der Waals surface area contributed by atoms with Gasteiger partial charge in [-0.2, -0.15) is 0 Å². The normalized spacial score (nSPS) is 15.8. The van der Waals surface area contributed by atoms with Crippen LogP contribution in [-0.2, 0) is 19.1 Å². The van der Waals surface area contributed by atoms with E-state index in [0.29, 0.717) is 41.7 Å². The molecule has 4 nitrogen and oxygen atoms in total. The second-order valence-corrected chi connectivity index (χ2v) is 5.38. The highest BCUT2D eigenvalue weighted by molar-refractivity contribution is 6.24. The number of rotatable bonds is 7. The topological polar surface area (TPSA) is 60.4 Å². The monoisotopic (exact) mass is 292 g/mol. The van der Waals surface area contributed by atoms with Crippen LogP contribution in [0, 0.1) is 0 Å². The van der Waals surface area contributed by atoms with E-state index in [4.69, 9.17) is 4.74 Å². The van der Waals surface area contributed by atoms with Crippen molar-refractivity contribution in [2.24, 2.45) is 0 Å². The van der Waals surface area contributed by atoms with Gasteiger partial charge in [0.1, 0.15) is 0 Å². The Morgan fingerprint density at radius 1 is 0.905 bits per heavy atom. The van der Waals surface area contributed by atoms with Crippen LogP contribution < -0.4 is 0 Å². The fourth-order valence-corrected chi connectivity index (χ4v) is 2.44. The summed E-state index contributed by atoms with van der Waals surface area (Å²) < 4.78 is 4.86. The minimum atomic E-state index is -0.175. The first-order valence-electron chi connectivity index (χ1n) is 7.52. The van der Waals surface area contributed by atoms with Gasteiger partial charge in [-0.25, -0.2) is 0 Å². The summed E-state index contributed by atoms with van der Waals surface area (Å²) in [4.78, 5) is 35.4. The van der Waals surface area contributed by atoms with Gasteiger partial charge in [-0.05, 0) is 47.0 Å². The van der Waals surface area contributed by atoms with Gasteiger partial charge in [0, 0.05) is 28.7 Å². The van der Waals surface area contributed by atoms with Crippen LogP contribution in [0.1, 0.15) is 59.8 Å². The molecule has 0 aromatic heterocycles. The van der Waals surface area contributed by atoms with Gasteiger partial charge in [0.2, 0.25) is 0 Å². The molecule has 21 heavy (non-hydrogen) atoms. The smallest absolute Gasteiger partial charge is 0.305 e. The number of Topliss-reactive ketones (excluding diaryl/α,β-unsaturated/α-hetero) is 2. The van der Waals surface area contributed by atoms with Crippen molar-refractivity contribution >= 4 is 17.5 Å². The number of hydrogen-bond acceptors (Lipinski definition) is 4. The van der Waals surface area contributed by atoms with E-state index in [0.717, 1.165) is 19.3 Å². The third-order valence-electron chi connectivity index (χ3n) is 3.92. The van der Waals surface area contributed by atoms with Crippen molar-refractivity contribution in [1.29, 1.82) is 0 Å². The molecule has 0 spiro atoms. The van der Waals surface area contributed by atoms with Crippen molar-refractivity contribution in [3.05, 3.63) is 22.3 Å². The first kappa shape index (κ1) is 17.3. The van der Waals surface area contributed by atoms with Crippen molar-refractivity contribution in [2.45, 2.75) is 59.8 Å². The lowest BCUT2D eigenvalue weighted by Gasteiger charge is -2.18. The average molecular weight is 292 g/mol. The maximum absolute atomic E-state index is 12.2. The molecule has 0 N–H and O–H groups in total. The lowest BCUT2D eigenvalue weighted by atomic mass is 9.84. The first-order chi connectivity index (χ1) is 9.90. The molecule has 0 bridgehead atoms. The summed E-state index contributed by atoms with van der Waals surface area (Å²) >= 11 is 0. The molecule has 1 rings (SSSR count). The third kappa shape index (κ3) is 4.38. The lowest BCUT2D eigenvalue weighted by molar-refractivity contribution is -0.143. The number of ether oxygens (including phenoxy) is 1. The van der Waals surface area contributed by atoms with Crippen molar-refractivity contribution in [1.82, 2.24) is 0 Å². The zero-order chi connectivity index (χ0) is 16.0. The van der Waals surface area contributed by atoms with E-state index in [1.165, 1.54) is 0 Å². The number of unbranched alkanes of at least 4 members (excludes halogenated alkanes) is 2. The molecular weight excluding hydrogens is 268 g/mol. The van der Waals surface area contributed by atoms with Crippen molar-refractivity contribution in [2.75, 3.05) is 6.61 Å². The van der Waals surface area contributed by atoms with E-state index >= 15 is 0 Å². The zero-order valence-electron chi connectivity index (χ0n) is 13.4. The molecule has 1 aliphatic carbocycles. The van der Waals surface area contributed by atoms with Gasteiger partial charge in [-0.3, -0.25) is 14.4 Å². The van der Waals surface area contributed by atoms with E-state index in [1.807, 2.05) is 0 Å². The van der Waals surface area contributed by atoms with E-state index < -0.39 is 0 Å². The Kier molecular flexibility index (Phi) is 6.53. The SMILES string of the molecule is CCOC(=O)CCCCCC1=C(C)C(=O)C(C)=C(C)C1=O. The Bertz CT molecular complexity index is 509. The summed E-state index contributed by atoms with van der Waals surface area (Å²) in [5.41, 5.74) is 2.34. The van der Waals surface area contributed by atoms with Gasteiger partial charge in [-0.1, -0.05) is 6.42 Å². The molecule has 1 aliphatic rings. The summed E-state index contributed by atoms with van der Waals surface area (Å²) in [5.74, 6) is -0.199. The van der Waals surface area contributed by atoms with E-state index in [-0.39, 0.29) is 17.5 Å². The summed E-state index contributed by atoms with van der Waals surface area (Å²) in [5, 5.41) is 0. The summed E-state index contributed by atoms with van der Waals surface area (Å²) in [6, 6.07) is 0. The van der Waals surface area contributed by atoms with Gasteiger partial charge in [-0.15, -0.1) is 0 Å². The minimum Gasteiger partial charge on any atom is -0.466 e. The highest BCUT2D eigenvalue weighted by atomic mass is 16.5. The van der Waals surface area contributed by atoms with Gasteiger partial charge in [0.25, 0.3) is 0 Å². The van der Waals surface area contributed by atoms with Gasteiger partial charge >= 0.3 is 5.97 Å². The molecule has 0 saturated carbocycles. The van der Waals surface area contributed by atoms with E-state index in [9.17, 15) is 14.4 Å². The molecule has 0 aliphatic heterocycles. The molecule has 0 amide bonds. The predicted molar refractivity (Wildman–Crippen MR) is 80.8 cm³/mol. The molecule has 0 fully saturated rings. The van der Waals surface area contributed by atoms with Crippen molar-refractivity contribution < 1.29 is 19.1 Å². The predicted octanol–water partition coefficient (Wildman–Crippen LogP) is 3.30. The molecule has 0 aromatic rings. The van der Waals surface area contributed by atoms with Crippen LogP contribution in [0.3, 0.4) is 0 Å². The molecule has 0 atom stereocenters. The molecule has 0 saturated heterocycles. The molecule has 0 unspecified atom stereocenters. The molecule has 4 heteroatoms. The van der Waals surface area contributed by atoms with E-state index in [1.54, 1.807) is 27.7 Å². The summed E-state index contributed by atoms with van der Waals surface area (Å²) in [6.07, 6.45) is 3.41. The summed E-state index contributed by atoms with van der Waals surface area (Å²) in [6.45, 7) is 7.34. The second kappa shape index (κ2) is 7.91. The Hall–Kier alpha value is -1.71. The molecule has 0 radical (unpaired) electrons. The number of allylic oxidation sites excluding steroid dienone is 4. The quantitative estimate of drug-likeness (QED) is 0.410. The lowest BCUT2D eigenvalue weighted by Crippen LogP contribution is -2.20. The number of carbonyl (C=O) groups is 3. The van der Waals surface area contributed by atoms with Crippen LogP contribution in [0.15, 0.2) is 22.3 Å². The maximum Gasteiger partial charge on any atom is 0.305 e. The number of hydrogen-bond donors (Lipinski definition) is 0. The van der Waals surface area contributed by atoms with Gasteiger partial charge in [0.15, 0.2) is 11.6 Å². The molecule has 0 aromatic carbocycles. The highest BCUT2D eigenvalue weighted by Gasteiger charge is 2.27. The van der Waals surface area contributed by atoms with Crippen molar-refractivity contribution in [3.8, 4) is 0 Å². The third-order valence-corrected chi connectivity index (χ3v) is 3.92.